The van der Waals surface area contributed by atoms with Crippen molar-refractivity contribution in [3.05, 3.63) is 34.6 Å². The van der Waals surface area contributed by atoms with Crippen molar-refractivity contribution in [3.8, 4) is 0 Å². The summed E-state index contributed by atoms with van der Waals surface area (Å²) in [6.45, 7) is 2.86. The first-order valence-corrected chi connectivity index (χ1v) is 7.10. The number of ether oxygens (including phenoxy) is 1. The predicted molar refractivity (Wildman–Crippen MR) is 75.6 cm³/mol. The maximum Gasteiger partial charge on any atom is 0.251 e. The number of halogens is 2. The lowest BCUT2D eigenvalue weighted by molar-refractivity contribution is 0.0343. The zero-order chi connectivity index (χ0) is 14.4. The molecule has 1 saturated heterocycles. The summed E-state index contributed by atoms with van der Waals surface area (Å²) in [5.41, 5.74) is 0.346. The minimum atomic E-state index is -0.530. The highest BCUT2D eigenvalue weighted by atomic mass is 35.5. The van der Waals surface area contributed by atoms with Crippen molar-refractivity contribution < 1.29 is 13.9 Å². The summed E-state index contributed by atoms with van der Waals surface area (Å²) in [4.78, 5) is 11.8. The van der Waals surface area contributed by atoms with E-state index >= 15 is 0 Å². The smallest absolute Gasteiger partial charge is 0.251 e. The van der Waals surface area contributed by atoms with Gasteiger partial charge in [-0.05, 0) is 44.1 Å². The van der Waals surface area contributed by atoms with Crippen molar-refractivity contribution in [1.82, 2.24) is 10.6 Å². The van der Waals surface area contributed by atoms with E-state index in [-0.39, 0.29) is 17.0 Å². The van der Waals surface area contributed by atoms with E-state index in [0.717, 1.165) is 25.9 Å². The molecule has 4 nitrogen and oxygen atoms in total. The standard InChI is InChI=1S/C14H18ClFN2O2/c15-12-9-10(1-2-13(12)16)14(19)18-7-8-20-11-3-5-17-6-4-11/h1-2,9,11,17H,3-8H2,(H,18,19). The average Bonchev–Trinajstić information content (AvgIpc) is 2.47. The van der Waals surface area contributed by atoms with Crippen molar-refractivity contribution in [1.29, 1.82) is 0 Å². The first-order chi connectivity index (χ1) is 9.66. The summed E-state index contributed by atoms with van der Waals surface area (Å²) in [5, 5.41) is 5.93. The normalized spacial score (nSPS) is 16.1. The second kappa shape index (κ2) is 7.57. The number of nitrogens with one attached hydrogen (secondary N) is 2. The summed E-state index contributed by atoms with van der Waals surface area (Å²) < 4.78 is 18.7. The maximum atomic E-state index is 13.0. The molecule has 1 aliphatic rings. The fourth-order valence-electron chi connectivity index (χ4n) is 2.09. The van der Waals surface area contributed by atoms with Crippen LogP contribution in [-0.4, -0.2) is 38.3 Å². The number of carbonyl (C=O) groups is 1. The highest BCUT2D eigenvalue weighted by Gasteiger charge is 2.13. The van der Waals surface area contributed by atoms with Crippen LogP contribution in [0.25, 0.3) is 0 Å². The molecule has 1 amide bonds. The Balaban J connectivity index is 1.70. The molecule has 0 unspecified atom stereocenters. The van der Waals surface area contributed by atoms with Crippen LogP contribution in [0.4, 0.5) is 4.39 Å². The van der Waals surface area contributed by atoms with Gasteiger partial charge >= 0.3 is 0 Å². The summed E-state index contributed by atoms with van der Waals surface area (Å²) in [7, 11) is 0. The van der Waals surface area contributed by atoms with E-state index in [1.54, 1.807) is 0 Å². The van der Waals surface area contributed by atoms with Crippen LogP contribution < -0.4 is 10.6 Å². The topological polar surface area (TPSA) is 50.4 Å². The molecule has 0 aliphatic carbocycles. The Labute approximate surface area is 122 Å². The molecule has 1 aromatic carbocycles. The van der Waals surface area contributed by atoms with E-state index in [9.17, 15) is 9.18 Å². The Morgan fingerprint density at radius 3 is 2.90 bits per heavy atom. The molecule has 20 heavy (non-hydrogen) atoms. The zero-order valence-electron chi connectivity index (χ0n) is 11.1. The number of piperidine rings is 1. The third kappa shape index (κ3) is 4.44. The molecular formula is C14H18ClFN2O2. The van der Waals surface area contributed by atoms with Crippen LogP contribution in [0.15, 0.2) is 18.2 Å². The number of amides is 1. The van der Waals surface area contributed by atoms with Gasteiger partial charge in [0.25, 0.3) is 5.91 Å². The molecule has 1 fully saturated rings. The van der Waals surface area contributed by atoms with Crippen LogP contribution in [0.2, 0.25) is 5.02 Å². The first kappa shape index (κ1) is 15.2. The van der Waals surface area contributed by atoms with Gasteiger partial charge in [0.1, 0.15) is 5.82 Å². The van der Waals surface area contributed by atoms with Crippen LogP contribution >= 0.6 is 11.6 Å². The Bertz CT molecular complexity index is 464. The van der Waals surface area contributed by atoms with Gasteiger partial charge in [-0.3, -0.25) is 4.79 Å². The number of hydrogen-bond donors (Lipinski definition) is 2. The van der Waals surface area contributed by atoms with E-state index in [2.05, 4.69) is 10.6 Å². The second-order valence-electron chi connectivity index (χ2n) is 4.70. The van der Waals surface area contributed by atoms with Gasteiger partial charge < -0.3 is 15.4 Å². The van der Waals surface area contributed by atoms with Gasteiger partial charge in [0.15, 0.2) is 0 Å². The molecule has 1 aliphatic heterocycles. The first-order valence-electron chi connectivity index (χ1n) is 6.72. The van der Waals surface area contributed by atoms with Crippen molar-refractivity contribution >= 4 is 17.5 Å². The quantitative estimate of drug-likeness (QED) is 0.818. The number of benzene rings is 1. The largest absolute Gasteiger partial charge is 0.376 e. The molecule has 0 atom stereocenters. The summed E-state index contributed by atoms with van der Waals surface area (Å²) in [5.74, 6) is -0.807. The fourth-order valence-corrected chi connectivity index (χ4v) is 2.27. The van der Waals surface area contributed by atoms with Crippen molar-refractivity contribution in [2.24, 2.45) is 0 Å². The molecule has 6 heteroatoms. The van der Waals surface area contributed by atoms with Gasteiger partial charge in [-0.1, -0.05) is 11.6 Å². The molecule has 2 N–H and O–H groups in total. The molecule has 0 spiro atoms. The Hall–Kier alpha value is -1.17. The van der Waals surface area contributed by atoms with Crippen molar-refractivity contribution in [2.75, 3.05) is 26.2 Å². The lowest BCUT2D eigenvalue weighted by Crippen LogP contribution is -2.34. The maximum absolute atomic E-state index is 13.0. The van der Waals surface area contributed by atoms with E-state index < -0.39 is 5.82 Å². The average molecular weight is 301 g/mol. The molecule has 0 aromatic heterocycles. The highest BCUT2D eigenvalue weighted by Crippen LogP contribution is 2.15. The van der Waals surface area contributed by atoms with Gasteiger partial charge in [0.05, 0.1) is 17.7 Å². The highest BCUT2D eigenvalue weighted by molar-refractivity contribution is 6.31. The molecule has 2 rings (SSSR count). The van der Waals surface area contributed by atoms with Crippen LogP contribution in [-0.2, 0) is 4.74 Å². The van der Waals surface area contributed by atoms with Crippen LogP contribution in [0.1, 0.15) is 23.2 Å². The summed E-state index contributed by atoms with van der Waals surface area (Å²) in [6, 6.07) is 3.91. The lowest BCUT2D eigenvalue weighted by atomic mass is 10.1. The van der Waals surface area contributed by atoms with Crippen molar-refractivity contribution in [2.45, 2.75) is 18.9 Å². The third-order valence-corrected chi connectivity index (χ3v) is 3.50. The Morgan fingerprint density at radius 1 is 1.45 bits per heavy atom. The molecule has 0 radical (unpaired) electrons. The minimum absolute atomic E-state index is 0.0522. The molecule has 0 bridgehead atoms. The van der Waals surface area contributed by atoms with Crippen LogP contribution in [0.5, 0.6) is 0 Å². The molecule has 1 heterocycles. The number of rotatable bonds is 5. The fraction of sp³-hybridized carbons (Fsp3) is 0.500. The Morgan fingerprint density at radius 2 is 2.20 bits per heavy atom. The summed E-state index contributed by atoms with van der Waals surface area (Å²) in [6.07, 6.45) is 2.27. The lowest BCUT2D eigenvalue weighted by Gasteiger charge is -2.22. The van der Waals surface area contributed by atoms with Gasteiger partial charge in [0, 0.05) is 12.1 Å². The van der Waals surface area contributed by atoms with E-state index in [1.807, 2.05) is 0 Å². The Kier molecular flexibility index (Phi) is 5.76. The van der Waals surface area contributed by atoms with E-state index in [0.29, 0.717) is 18.7 Å². The zero-order valence-corrected chi connectivity index (χ0v) is 11.9. The molecular weight excluding hydrogens is 283 g/mol. The summed E-state index contributed by atoms with van der Waals surface area (Å²) >= 11 is 5.64. The predicted octanol–water partition coefficient (Wildman–Crippen LogP) is 1.98. The van der Waals surface area contributed by atoms with Crippen molar-refractivity contribution in [3.63, 3.8) is 0 Å². The second-order valence-corrected chi connectivity index (χ2v) is 5.11. The van der Waals surface area contributed by atoms with E-state index in [1.165, 1.54) is 18.2 Å². The van der Waals surface area contributed by atoms with Gasteiger partial charge in [-0.25, -0.2) is 4.39 Å². The monoisotopic (exact) mass is 300 g/mol. The van der Waals surface area contributed by atoms with Crippen LogP contribution in [0, 0.1) is 5.82 Å². The third-order valence-electron chi connectivity index (χ3n) is 3.21. The van der Waals surface area contributed by atoms with E-state index in [4.69, 9.17) is 16.3 Å². The SMILES string of the molecule is O=C(NCCOC1CCNCC1)c1ccc(F)c(Cl)c1. The molecule has 110 valence electrons. The molecule has 0 saturated carbocycles. The number of hydrogen-bond acceptors (Lipinski definition) is 3. The van der Waals surface area contributed by atoms with Crippen LogP contribution in [0.3, 0.4) is 0 Å². The van der Waals surface area contributed by atoms with Gasteiger partial charge in [-0.2, -0.15) is 0 Å². The van der Waals surface area contributed by atoms with Gasteiger partial charge in [-0.15, -0.1) is 0 Å². The number of carbonyl (C=O) groups excluding carboxylic acids is 1. The van der Waals surface area contributed by atoms with Gasteiger partial charge in [0.2, 0.25) is 0 Å². The molecule has 1 aromatic rings. The minimum Gasteiger partial charge on any atom is -0.376 e.